The van der Waals surface area contributed by atoms with E-state index >= 15 is 0 Å². The number of nitrogens with two attached hydrogens (primary N) is 1. The van der Waals surface area contributed by atoms with E-state index in [4.69, 9.17) is 10.5 Å². The minimum absolute atomic E-state index is 0.103. The average molecular weight is 275 g/mol. The predicted molar refractivity (Wildman–Crippen MR) is 80.7 cm³/mol. The molecular weight excluding hydrogens is 254 g/mol. The number of rotatable bonds is 6. The topological polar surface area (TPSA) is 80.1 Å². The van der Waals surface area contributed by atoms with Crippen LogP contribution in [-0.2, 0) is 4.74 Å². The van der Waals surface area contributed by atoms with Crippen molar-refractivity contribution in [3.05, 3.63) is 30.0 Å². The molecule has 1 aromatic carbocycles. The smallest absolute Gasteiger partial charge is 0.253 e. The normalized spacial score (nSPS) is 11.2. The van der Waals surface area contributed by atoms with E-state index in [1.54, 1.807) is 12.3 Å². The number of aromatic nitrogens is 1. The van der Waals surface area contributed by atoms with Crippen LogP contribution in [0, 0.1) is 5.92 Å². The van der Waals surface area contributed by atoms with E-state index in [9.17, 15) is 4.79 Å². The molecule has 4 N–H and O–H groups in total. The van der Waals surface area contributed by atoms with E-state index in [2.05, 4.69) is 24.1 Å². The van der Waals surface area contributed by atoms with Crippen LogP contribution in [0.25, 0.3) is 10.9 Å². The molecule has 0 spiro atoms. The summed E-state index contributed by atoms with van der Waals surface area (Å²) in [4.78, 5) is 15.1. The highest BCUT2D eigenvalue weighted by Gasteiger charge is 2.11. The zero-order valence-corrected chi connectivity index (χ0v) is 11.9. The van der Waals surface area contributed by atoms with Gasteiger partial charge in [-0.2, -0.15) is 0 Å². The van der Waals surface area contributed by atoms with E-state index < -0.39 is 0 Å². The van der Waals surface area contributed by atoms with Gasteiger partial charge in [0.1, 0.15) is 0 Å². The second kappa shape index (κ2) is 6.43. The third-order valence-corrected chi connectivity index (χ3v) is 2.93. The highest BCUT2D eigenvalue weighted by atomic mass is 16.5. The Bertz CT molecular complexity index is 590. The summed E-state index contributed by atoms with van der Waals surface area (Å²) in [6.45, 7) is 5.93. The number of hydrogen-bond donors (Lipinski definition) is 3. The lowest BCUT2D eigenvalue weighted by molar-refractivity contribution is 0.0887. The summed E-state index contributed by atoms with van der Waals surface area (Å²) in [6, 6.07) is 5.46. The lowest BCUT2D eigenvalue weighted by Gasteiger charge is -2.07. The van der Waals surface area contributed by atoms with Gasteiger partial charge in [0.15, 0.2) is 0 Å². The number of fused-ring (bicyclic) bond motifs is 1. The number of aromatic amines is 1. The first-order valence-corrected chi connectivity index (χ1v) is 6.80. The maximum atomic E-state index is 12.1. The summed E-state index contributed by atoms with van der Waals surface area (Å²) in [5.74, 6) is 0.402. The van der Waals surface area contributed by atoms with E-state index in [0.29, 0.717) is 36.9 Å². The molecule has 0 fully saturated rings. The Morgan fingerprint density at radius 3 is 3.00 bits per heavy atom. The molecule has 0 saturated heterocycles. The number of nitrogen functional groups attached to an aromatic ring is 1. The number of H-pyrrole nitrogens is 1. The standard InChI is InChI=1S/C15H21N3O2/c1-10(2)9-20-6-5-17-15(19)13-8-18-14-7-11(16)3-4-12(13)14/h3-4,7-8,10,18H,5-6,9,16H2,1-2H3,(H,17,19). The van der Waals surface area contributed by atoms with Gasteiger partial charge in [-0.25, -0.2) is 0 Å². The molecule has 1 heterocycles. The average Bonchev–Trinajstić information content (AvgIpc) is 2.80. The van der Waals surface area contributed by atoms with Gasteiger partial charge < -0.3 is 20.8 Å². The number of ether oxygens (including phenoxy) is 1. The zero-order valence-electron chi connectivity index (χ0n) is 11.9. The molecule has 2 aromatic rings. The predicted octanol–water partition coefficient (Wildman–Crippen LogP) is 2.15. The van der Waals surface area contributed by atoms with Crippen molar-refractivity contribution in [3.8, 4) is 0 Å². The van der Waals surface area contributed by atoms with Crippen molar-refractivity contribution in [2.45, 2.75) is 13.8 Å². The van der Waals surface area contributed by atoms with Gasteiger partial charge in [0, 0.05) is 35.9 Å². The Labute approximate surface area is 118 Å². The minimum Gasteiger partial charge on any atom is -0.399 e. The SMILES string of the molecule is CC(C)COCCNC(=O)c1c[nH]c2cc(N)ccc12. The molecule has 0 atom stereocenters. The molecule has 0 aliphatic heterocycles. The quantitative estimate of drug-likeness (QED) is 0.558. The molecule has 1 aromatic heterocycles. The first-order chi connectivity index (χ1) is 9.58. The summed E-state index contributed by atoms with van der Waals surface area (Å²) >= 11 is 0. The summed E-state index contributed by atoms with van der Waals surface area (Å²) in [6.07, 6.45) is 1.70. The first kappa shape index (κ1) is 14.4. The van der Waals surface area contributed by atoms with Gasteiger partial charge in [-0.3, -0.25) is 4.79 Å². The Kier molecular flexibility index (Phi) is 4.63. The number of carbonyl (C=O) groups is 1. The van der Waals surface area contributed by atoms with Gasteiger partial charge in [0.25, 0.3) is 5.91 Å². The van der Waals surface area contributed by atoms with Gasteiger partial charge in [0.05, 0.1) is 12.2 Å². The second-order valence-electron chi connectivity index (χ2n) is 5.23. The number of anilines is 1. The van der Waals surface area contributed by atoms with Gasteiger partial charge in [0.2, 0.25) is 0 Å². The minimum atomic E-state index is -0.103. The Morgan fingerprint density at radius 2 is 2.25 bits per heavy atom. The molecule has 0 aliphatic rings. The van der Waals surface area contributed by atoms with E-state index in [1.807, 2.05) is 12.1 Å². The Morgan fingerprint density at radius 1 is 1.45 bits per heavy atom. The van der Waals surface area contributed by atoms with Crippen LogP contribution in [0.15, 0.2) is 24.4 Å². The van der Waals surface area contributed by atoms with Gasteiger partial charge in [-0.1, -0.05) is 13.8 Å². The molecule has 0 saturated carbocycles. The second-order valence-corrected chi connectivity index (χ2v) is 5.23. The van der Waals surface area contributed by atoms with Crippen LogP contribution in [0.5, 0.6) is 0 Å². The molecule has 0 aliphatic carbocycles. The van der Waals surface area contributed by atoms with Crippen LogP contribution in [0.3, 0.4) is 0 Å². The van der Waals surface area contributed by atoms with Crippen molar-refractivity contribution >= 4 is 22.5 Å². The van der Waals surface area contributed by atoms with Crippen molar-refractivity contribution in [3.63, 3.8) is 0 Å². The third-order valence-electron chi connectivity index (χ3n) is 2.93. The maximum absolute atomic E-state index is 12.1. The van der Waals surface area contributed by atoms with Crippen molar-refractivity contribution in [2.24, 2.45) is 5.92 Å². The molecule has 5 heteroatoms. The van der Waals surface area contributed by atoms with Crippen molar-refractivity contribution in [1.29, 1.82) is 0 Å². The highest BCUT2D eigenvalue weighted by molar-refractivity contribution is 6.07. The first-order valence-electron chi connectivity index (χ1n) is 6.80. The summed E-state index contributed by atoms with van der Waals surface area (Å²) in [5.41, 5.74) is 7.88. The van der Waals surface area contributed by atoms with Gasteiger partial charge in [-0.05, 0) is 24.1 Å². The summed E-state index contributed by atoms with van der Waals surface area (Å²) in [5, 5.41) is 3.73. The molecule has 20 heavy (non-hydrogen) atoms. The zero-order chi connectivity index (χ0) is 14.5. The molecule has 108 valence electrons. The summed E-state index contributed by atoms with van der Waals surface area (Å²) in [7, 11) is 0. The molecule has 5 nitrogen and oxygen atoms in total. The number of nitrogens with one attached hydrogen (secondary N) is 2. The lowest BCUT2D eigenvalue weighted by atomic mass is 10.1. The summed E-state index contributed by atoms with van der Waals surface area (Å²) < 4.78 is 5.43. The van der Waals surface area contributed by atoms with Gasteiger partial charge in [-0.15, -0.1) is 0 Å². The van der Waals surface area contributed by atoms with Crippen LogP contribution in [0.2, 0.25) is 0 Å². The van der Waals surface area contributed by atoms with Crippen LogP contribution >= 0.6 is 0 Å². The monoisotopic (exact) mass is 275 g/mol. The number of benzene rings is 1. The van der Waals surface area contributed by atoms with Crippen LogP contribution in [-0.4, -0.2) is 30.6 Å². The highest BCUT2D eigenvalue weighted by Crippen LogP contribution is 2.20. The third kappa shape index (κ3) is 3.51. The number of amides is 1. The molecule has 1 amide bonds. The fraction of sp³-hybridized carbons (Fsp3) is 0.400. The molecular formula is C15H21N3O2. The van der Waals surface area contributed by atoms with E-state index in [1.165, 1.54) is 0 Å². The Hall–Kier alpha value is -2.01. The van der Waals surface area contributed by atoms with Crippen molar-refractivity contribution in [1.82, 2.24) is 10.3 Å². The molecule has 0 unspecified atom stereocenters. The fourth-order valence-corrected chi connectivity index (χ4v) is 1.98. The van der Waals surface area contributed by atoms with Crippen LogP contribution < -0.4 is 11.1 Å². The molecule has 0 bridgehead atoms. The Balaban J connectivity index is 1.91. The maximum Gasteiger partial charge on any atom is 0.253 e. The number of carbonyl (C=O) groups excluding carboxylic acids is 1. The lowest BCUT2D eigenvalue weighted by Crippen LogP contribution is -2.27. The van der Waals surface area contributed by atoms with Crippen molar-refractivity contribution < 1.29 is 9.53 Å². The fourth-order valence-electron chi connectivity index (χ4n) is 1.98. The molecule has 2 rings (SSSR count). The van der Waals surface area contributed by atoms with Crippen molar-refractivity contribution in [2.75, 3.05) is 25.5 Å². The molecule has 0 radical (unpaired) electrons. The largest absolute Gasteiger partial charge is 0.399 e. The van der Waals surface area contributed by atoms with Crippen LogP contribution in [0.4, 0.5) is 5.69 Å². The van der Waals surface area contributed by atoms with E-state index in [-0.39, 0.29) is 5.91 Å². The number of hydrogen-bond acceptors (Lipinski definition) is 3. The van der Waals surface area contributed by atoms with Gasteiger partial charge >= 0.3 is 0 Å². The van der Waals surface area contributed by atoms with E-state index in [0.717, 1.165) is 10.9 Å². The van der Waals surface area contributed by atoms with Crippen LogP contribution in [0.1, 0.15) is 24.2 Å².